The van der Waals surface area contributed by atoms with Crippen LogP contribution >= 0.6 is 22.6 Å². The standard InChI is InChI=1S/C14H16INO4/c15-10-3-1-9(2-4-10)7-16-6-5-11(13(17)18)12(8-16)14(19)20/h1-4,11-12H,5-8H2,(H,17,18)(H,19,20). The number of benzene rings is 1. The minimum Gasteiger partial charge on any atom is -0.481 e. The van der Waals surface area contributed by atoms with Gasteiger partial charge in [0.05, 0.1) is 11.8 Å². The average molecular weight is 389 g/mol. The van der Waals surface area contributed by atoms with Gasteiger partial charge in [0.1, 0.15) is 0 Å². The first-order valence-electron chi connectivity index (χ1n) is 6.40. The number of halogens is 1. The molecule has 1 aliphatic rings. The van der Waals surface area contributed by atoms with Crippen molar-refractivity contribution in [2.75, 3.05) is 13.1 Å². The molecule has 6 heteroatoms. The largest absolute Gasteiger partial charge is 0.481 e. The highest BCUT2D eigenvalue weighted by atomic mass is 127. The normalized spacial score (nSPS) is 23.4. The molecule has 2 unspecified atom stereocenters. The Morgan fingerprint density at radius 3 is 2.30 bits per heavy atom. The molecule has 1 heterocycles. The van der Waals surface area contributed by atoms with Crippen molar-refractivity contribution in [3.05, 3.63) is 33.4 Å². The second kappa shape index (κ2) is 6.53. The molecule has 2 rings (SSSR count). The van der Waals surface area contributed by atoms with Crippen LogP contribution < -0.4 is 0 Å². The van der Waals surface area contributed by atoms with E-state index >= 15 is 0 Å². The van der Waals surface area contributed by atoms with Crippen molar-refractivity contribution in [1.82, 2.24) is 4.90 Å². The third-order valence-corrected chi connectivity index (χ3v) is 4.37. The number of likely N-dealkylation sites (tertiary alicyclic amines) is 1. The number of nitrogens with zero attached hydrogens (tertiary/aromatic N) is 1. The van der Waals surface area contributed by atoms with E-state index in [2.05, 4.69) is 22.6 Å². The van der Waals surface area contributed by atoms with E-state index in [0.29, 0.717) is 19.5 Å². The summed E-state index contributed by atoms with van der Waals surface area (Å²) in [5.74, 6) is -3.64. The lowest BCUT2D eigenvalue weighted by molar-refractivity contribution is -0.157. The van der Waals surface area contributed by atoms with Crippen LogP contribution in [0.1, 0.15) is 12.0 Å². The fraction of sp³-hybridized carbons (Fsp3) is 0.429. The van der Waals surface area contributed by atoms with Crippen LogP contribution in [0.2, 0.25) is 0 Å². The first kappa shape index (κ1) is 15.2. The number of rotatable bonds is 4. The second-order valence-electron chi connectivity index (χ2n) is 5.04. The van der Waals surface area contributed by atoms with E-state index in [4.69, 9.17) is 5.11 Å². The molecule has 2 N–H and O–H groups in total. The zero-order valence-corrected chi connectivity index (χ0v) is 13.0. The highest BCUT2D eigenvalue weighted by molar-refractivity contribution is 14.1. The maximum absolute atomic E-state index is 11.2. The molecular formula is C14H16INO4. The van der Waals surface area contributed by atoms with Gasteiger partial charge in [-0.05, 0) is 53.3 Å². The summed E-state index contributed by atoms with van der Waals surface area (Å²) in [6.45, 7) is 1.57. The van der Waals surface area contributed by atoms with Crippen LogP contribution in [0.15, 0.2) is 24.3 Å². The van der Waals surface area contributed by atoms with Crippen molar-refractivity contribution in [3.63, 3.8) is 0 Å². The Morgan fingerprint density at radius 2 is 1.75 bits per heavy atom. The summed E-state index contributed by atoms with van der Waals surface area (Å²) in [6, 6.07) is 8.05. The molecule has 20 heavy (non-hydrogen) atoms. The van der Waals surface area contributed by atoms with Gasteiger partial charge in [-0.2, -0.15) is 0 Å². The Kier molecular flexibility index (Phi) is 4.98. The molecular weight excluding hydrogens is 373 g/mol. The molecule has 5 nitrogen and oxygen atoms in total. The minimum absolute atomic E-state index is 0.290. The molecule has 0 aliphatic carbocycles. The van der Waals surface area contributed by atoms with E-state index in [1.807, 2.05) is 29.2 Å². The number of carbonyl (C=O) groups is 2. The first-order valence-corrected chi connectivity index (χ1v) is 7.47. The van der Waals surface area contributed by atoms with E-state index in [1.165, 1.54) is 0 Å². The van der Waals surface area contributed by atoms with E-state index in [0.717, 1.165) is 9.13 Å². The lowest BCUT2D eigenvalue weighted by Crippen LogP contribution is -2.46. The Morgan fingerprint density at radius 1 is 1.15 bits per heavy atom. The van der Waals surface area contributed by atoms with Gasteiger partial charge in [0.15, 0.2) is 0 Å². The molecule has 0 radical (unpaired) electrons. The fourth-order valence-corrected chi connectivity index (χ4v) is 2.92. The number of carboxylic acids is 2. The molecule has 1 aromatic rings. The van der Waals surface area contributed by atoms with E-state index in [1.54, 1.807) is 0 Å². The van der Waals surface area contributed by atoms with E-state index in [9.17, 15) is 14.7 Å². The van der Waals surface area contributed by atoms with Crippen LogP contribution in [0.3, 0.4) is 0 Å². The molecule has 108 valence electrons. The van der Waals surface area contributed by atoms with Gasteiger partial charge in [-0.25, -0.2) is 0 Å². The molecule has 1 aliphatic heterocycles. The zero-order valence-electron chi connectivity index (χ0n) is 10.8. The quantitative estimate of drug-likeness (QED) is 0.770. The average Bonchev–Trinajstić information content (AvgIpc) is 2.41. The molecule has 0 aromatic heterocycles. The van der Waals surface area contributed by atoms with Crippen LogP contribution in [0.5, 0.6) is 0 Å². The van der Waals surface area contributed by atoms with Gasteiger partial charge in [-0.3, -0.25) is 14.5 Å². The Balaban J connectivity index is 2.03. The smallest absolute Gasteiger partial charge is 0.308 e. The van der Waals surface area contributed by atoms with E-state index < -0.39 is 23.8 Å². The Labute approximate surface area is 130 Å². The number of hydrogen-bond donors (Lipinski definition) is 2. The van der Waals surface area contributed by atoms with Crippen LogP contribution in [0.25, 0.3) is 0 Å². The zero-order chi connectivity index (χ0) is 14.7. The minimum atomic E-state index is -1.02. The lowest BCUT2D eigenvalue weighted by Gasteiger charge is -2.34. The SMILES string of the molecule is O=C(O)C1CCN(Cc2ccc(I)cc2)CC1C(=O)O. The van der Waals surface area contributed by atoms with Crippen LogP contribution in [0, 0.1) is 15.4 Å². The topological polar surface area (TPSA) is 77.8 Å². The van der Waals surface area contributed by atoms with Crippen LogP contribution in [-0.4, -0.2) is 40.1 Å². The molecule has 0 bridgehead atoms. The number of aliphatic carboxylic acids is 2. The summed E-state index contributed by atoms with van der Waals surface area (Å²) in [4.78, 5) is 24.3. The summed E-state index contributed by atoms with van der Waals surface area (Å²) < 4.78 is 1.15. The predicted molar refractivity (Wildman–Crippen MR) is 81.3 cm³/mol. The third-order valence-electron chi connectivity index (χ3n) is 3.65. The molecule has 0 saturated carbocycles. The van der Waals surface area contributed by atoms with Crippen molar-refractivity contribution < 1.29 is 19.8 Å². The maximum atomic E-state index is 11.2. The summed E-state index contributed by atoms with van der Waals surface area (Å²) in [7, 11) is 0. The van der Waals surface area contributed by atoms with Gasteiger partial charge in [0.25, 0.3) is 0 Å². The van der Waals surface area contributed by atoms with Crippen LogP contribution in [0.4, 0.5) is 0 Å². The third kappa shape index (κ3) is 3.69. The monoisotopic (exact) mass is 389 g/mol. The fourth-order valence-electron chi connectivity index (χ4n) is 2.56. The lowest BCUT2D eigenvalue weighted by atomic mass is 9.85. The summed E-state index contributed by atoms with van der Waals surface area (Å²) in [6.07, 6.45) is 0.386. The number of carboxylic acid groups (broad SMARTS) is 2. The van der Waals surface area contributed by atoms with Gasteiger partial charge < -0.3 is 10.2 Å². The highest BCUT2D eigenvalue weighted by Gasteiger charge is 2.38. The van der Waals surface area contributed by atoms with Crippen molar-refractivity contribution in [1.29, 1.82) is 0 Å². The Bertz CT molecular complexity index is 502. The predicted octanol–water partition coefficient (Wildman–Crippen LogP) is 1.90. The number of hydrogen-bond acceptors (Lipinski definition) is 3. The summed E-state index contributed by atoms with van der Waals surface area (Å²) in [5.41, 5.74) is 1.11. The molecule has 2 atom stereocenters. The van der Waals surface area contributed by atoms with Crippen molar-refractivity contribution in [2.24, 2.45) is 11.8 Å². The van der Waals surface area contributed by atoms with Crippen molar-refractivity contribution >= 4 is 34.5 Å². The maximum Gasteiger partial charge on any atom is 0.308 e. The van der Waals surface area contributed by atoms with Crippen molar-refractivity contribution in [2.45, 2.75) is 13.0 Å². The summed E-state index contributed by atoms with van der Waals surface area (Å²) in [5, 5.41) is 18.3. The second-order valence-corrected chi connectivity index (χ2v) is 6.29. The van der Waals surface area contributed by atoms with Gasteiger partial charge in [0.2, 0.25) is 0 Å². The molecule has 1 saturated heterocycles. The van der Waals surface area contributed by atoms with Gasteiger partial charge >= 0.3 is 11.9 Å². The highest BCUT2D eigenvalue weighted by Crippen LogP contribution is 2.25. The van der Waals surface area contributed by atoms with Gasteiger partial charge in [-0.15, -0.1) is 0 Å². The summed E-state index contributed by atoms with van der Waals surface area (Å²) >= 11 is 2.23. The number of piperidine rings is 1. The molecule has 0 spiro atoms. The first-order chi connectivity index (χ1) is 9.47. The molecule has 1 aromatic carbocycles. The van der Waals surface area contributed by atoms with E-state index in [-0.39, 0.29) is 6.54 Å². The molecule has 0 amide bonds. The van der Waals surface area contributed by atoms with Crippen molar-refractivity contribution in [3.8, 4) is 0 Å². The van der Waals surface area contributed by atoms with Crippen LogP contribution in [-0.2, 0) is 16.1 Å². The van der Waals surface area contributed by atoms with Gasteiger partial charge in [-0.1, -0.05) is 12.1 Å². The molecule has 1 fully saturated rings. The van der Waals surface area contributed by atoms with Gasteiger partial charge in [0, 0.05) is 16.7 Å². The Hall–Kier alpha value is -1.15.